The third kappa shape index (κ3) is 2.84. The van der Waals surface area contributed by atoms with Crippen LogP contribution in [0, 0.1) is 23.7 Å². The third-order valence-electron chi connectivity index (χ3n) is 13.6. The fourth-order valence-corrected chi connectivity index (χ4v) is 12.5. The molecule has 0 spiro atoms. The van der Waals surface area contributed by atoms with Crippen LogP contribution in [0.1, 0.15) is 110 Å². The summed E-state index contributed by atoms with van der Waals surface area (Å²) in [7, 11) is 0. The molecular weight excluding hydrogens is 522 g/mol. The molecule has 4 heterocycles. The number of nitrogens with zero attached hydrogens (tertiary/aromatic N) is 3. The van der Waals surface area contributed by atoms with Crippen LogP contribution in [0.2, 0.25) is 0 Å². The Kier molecular flexibility index (Phi) is 4.16. The van der Waals surface area contributed by atoms with Crippen molar-refractivity contribution < 1.29 is 0 Å². The summed E-state index contributed by atoms with van der Waals surface area (Å²) in [5.41, 5.74) is 13.0. The summed E-state index contributed by atoms with van der Waals surface area (Å²) in [6.45, 7) is 0. The highest BCUT2D eigenvalue weighted by Crippen LogP contribution is 2.60. The molecule has 2 aromatic carbocycles. The summed E-state index contributed by atoms with van der Waals surface area (Å²) in [6, 6.07) is 16.3. The van der Waals surface area contributed by atoms with Gasteiger partial charge in [-0.1, -0.05) is 30.3 Å². The van der Waals surface area contributed by atoms with E-state index in [0.29, 0.717) is 23.7 Å². The summed E-state index contributed by atoms with van der Waals surface area (Å²) >= 11 is 0. The van der Waals surface area contributed by atoms with Gasteiger partial charge in [-0.3, -0.25) is 9.97 Å². The van der Waals surface area contributed by atoms with E-state index in [-0.39, 0.29) is 0 Å². The highest BCUT2D eigenvalue weighted by molar-refractivity contribution is 6.25. The Morgan fingerprint density at radius 1 is 0.512 bits per heavy atom. The predicted octanol–water partition coefficient (Wildman–Crippen LogP) is 10.1. The normalized spacial score (nSPS) is 33.6. The highest BCUT2D eigenvalue weighted by atomic mass is 14.9. The Morgan fingerprint density at radius 3 is 1.47 bits per heavy atom. The average molecular weight is 560 g/mol. The number of pyridine rings is 2. The van der Waals surface area contributed by atoms with Gasteiger partial charge in [-0.25, -0.2) is 0 Å². The molecule has 14 rings (SSSR count). The lowest BCUT2D eigenvalue weighted by atomic mass is 9.67. The molecule has 4 saturated carbocycles. The largest absolute Gasteiger partial charge is 0.305 e. The molecule has 3 nitrogen and oxygen atoms in total. The standard InChI is InChI=1S/C40H37N3/c1-2-4-24(5-3-1)25-16-30-36-32(18-41-38-28-12-20-6-21(13-28)9-26(8-20)34(36)38)43-33-19-42-39-29-14-22-7-23(15-29)11-27(10-22)35(39)37(33)31(17-25)40(30)43/h1-5,16-23,26-29H,6-15H2. The van der Waals surface area contributed by atoms with Gasteiger partial charge in [0.15, 0.2) is 0 Å². The number of hydrogen-bond acceptors (Lipinski definition) is 2. The summed E-state index contributed by atoms with van der Waals surface area (Å²) < 4.78 is 2.62. The highest BCUT2D eigenvalue weighted by Gasteiger charge is 2.46. The van der Waals surface area contributed by atoms with Crippen molar-refractivity contribution in [1.29, 1.82) is 0 Å². The van der Waals surface area contributed by atoms with Gasteiger partial charge in [0.2, 0.25) is 0 Å². The Morgan fingerprint density at radius 2 is 0.977 bits per heavy atom. The summed E-state index contributed by atoms with van der Waals surface area (Å²) in [5.74, 6) is 6.24. The summed E-state index contributed by atoms with van der Waals surface area (Å²) in [4.78, 5) is 10.8. The first-order valence-electron chi connectivity index (χ1n) is 17.3. The van der Waals surface area contributed by atoms with Gasteiger partial charge in [0, 0.05) is 44.8 Å². The van der Waals surface area contributed by atoms with Crippen LogP contribution in [0.4, 0.5) is 0 Å². The second-order valence-corrected chi connectivity index (χ2v) is 15.9. The van der Waals surface area contributed by atoms with Crippen molar-refractivity contribution >= 4 is 38.1 Å². The zero-order valence-electron chi connectivity index (χ0n) is 24.7. The molecule has 0 amide bonds. The van der Waals surface area contributed by atoms with Crippen LogP contribution in [0.5, 0.6) is 0 Å². The minimum atomic E-state index is 0.657. The average Bonchev–Trinajstić information content (AvgIpc) is 3.40. The van der Waals surface area contributed by atoms with Crippen LogP contribution in [-0.2, 0) is 0 Å². The van der Waals surface area contributed by atoms with Gasteiger partial charge < -0.3 is 4.40 Å². The number of benzene rings is 2. The van der Waals surface area contributed by atoms with E-state index in [0.717, 1.165) is 23.7 Å². The van der Waals surface area contributed by atoms with Gasteiger partial charge >= 0.3 is 0 Å². The van der Waals surface area contributed by atoms with E-state index in [4.69, 9.17) is 9.97 Å². The molecule has 0 radical (unpaired) electrons. The van der Waals surface area contributed by atoms with Crippen LogP contribution < -0.4 is 0 Å². The molecule has 4 fully saturated rings. The monoisotopic (exact) mass is 559 g/mol. The van der Waals surface area contributed by atoms with E-state index in [1.54, 1.807) is 11.1 Å². The molecule has 6 aromatic rings. The SMILES string of the molecule is c1ccc(-c2cc3c4c5c(ncc4n4c6cnc7c(c6c(c2)c34)C2CC3CC(CC7C3)C2)C2CC3CC(C2)CC5C3)cc1. The van der Waals surface area contributed by atoms with E-state index < -0.39 is 0 Å². The molecule has 4 aromatic heterocycles. The van der Waals surface area contributed by atoms with E-state index in [2.05, 4.69) is 59.3 Å². The first kappa shape index (κ1) is 23.0. The van der Waals surface area contributed by atoms with Gasteiger partial charge in [0.25, 0.3) is 0 Å². The molecule has 43 heavy (non-hydrogen) atoms. The van der Waals surface area contributed by atoms with Crippen molar-refractivity contribution in [3.8, 4) is 11.1 Å². The fraction of sp³-hybridized carbons (Fsp3) is 0.450. The van der Waals surface area contributed by atoms with Crippen molar-refractivity contribution in [1.82, 2.24) is 14.4 Å². The molecule has 8 aliphatic carbocycles. The Labute approximate surface area is 252 Å². The Hall–Kier alpha value is -3.46. The van der Waals surface area contributed by atoms with E-state index in [1.165, 1.54) is 125 Å². The maximum absolute atomic E-state index is 5.42. The van der Waals surface area contributed by atoms with Crippen LogP contribution >= 0.6 is 0 Å². The van der Waals surface area contributed by atoms with Crippen LogP contribution in [0.25, 0.3) is 49.2 Å². The maximum atomic E-state index is 5.42. The predicted molar refractivity (Wildman–Crippen MR) is 173 cm³/mol. The zero-order chi connectivity index (χ0) is 27.6. The number of rotatable bonds is 1. The smallest absolute Gasteiger partial charge is 0.0728 e. The fourth-order valence-electron chi connectivity index (χ4n) is 12.5. The quantitative estimate of drug-likeness (QED) is 0.201. The van der Waals surface area contributed by atoms with Gasteiger partial charge in [-0.05, 0) is 134 Å². The lowest BCUT2D eigenvalue weighted by Crippen LogP contribution is -2.25. The molecule has 0 N–H and O–H groups in total. The minimum absolute atomic E-state index is 0.657. The second-order valence-electron chi connectivity index (χ2n) is 15.9. The van der Waals surface area contributed by atoms with Gasteiger partial charge in [-0.2, -0.15) is 0 Å². The molecule has 8 aliphatic rings. The minimum Gasteiger partial charge on any atom is -0.305 e. The lowest BCUT2D eigenvalue weighted by Gasteiger charge is -2.38. The van der Waals surface area contributed by atoms with E-state index >= 15 is 0 Å². The number of fused-ring (bicyclic) bond motifs is 6. The molecule has 8 bridgehead atoms. The second kappa shape index (κ2) is 7.78. The van der Waals surface area contributed by atoms with Crippen LogP contribution in [0.3, 0.4) is 0 Å². The molecule has 212 valence electrons. The summed E-state index contributed by atoms with van der Waals surface area (Å²) in [6.07, 6.45) is 18.4. The Bertz CT molecular complexity index is 2000. The van der Waals surface area contributed by atoms with Crippen LogP contribution in [0.15, 0.2) is 54.9 Å². The number of hydrogen-bond donors (Lipinski definition) is 0. The maximum Gasteiger partial charge on any atom is 0.0728 e. The van der Waals surface area contributed by atoms with E-state index in [9.17, 15) is 0 Å². The van der Waals surface area contributed by atoms with Crippen molar-refractivity contribution in [2.24, 2.45) is 23.7 Å². The molecule has 3 heteroatoms. The van der Waals surface area contributed by atoms with Crippen molar-refractivity contribution in [2.75, 3.05) is 0 Å². The molecule has 4 atom stereocenters. The van der Waals surface area contributed by atoms with Crippen molar-refractivity contribution in [3.63, 3.8) is 0 Å². The molecule has 4 unspecified atom stereocenters. The molecule has 0 saturated heterocycles. The van der Waals surface area contributed by atoms with Gasteiger partial charge in [-0.15, -0.1) is 0 Å². The van der Waals surface area contributed by atoms with Crippen LogP contribution in [-0.4, -0.2) is 14.4 Å². The Balaban J connectivity index is 1.25. The number of aromatic nitrogens is 3. The topological polar surface area (TPSA) is 30.2 Å². The first-order chi connectivity index (χ1) is 21.2. The summed E-state index contributed by atoms with van der Waals surface area (Å²) in [5, 5.41) is 5.99. The zero-order valence-corrected chi connectivity index (χ0v) is 24.7. The van der Waals surface area contributed by atoms with Crippen molar-refractivity contribution in [3.05, 3.63) is 77.4 Å². The lowest BCUT2D eigenvalue weighted by molar-refractivity contribution is 0.165. The molecule has 0 aliphatic heterocycles. The van der Waals surface area contributed by atoms with Gasteiger partial charge in [0.1, 0.15) is 0 Å². The first-order valence-corrected chi connectivity index (χ1v) is 17.3. The van der Waals surface area contributed by atoms with Crippen molar-refractivity contribution in [2.45, 2.75) is 87.9 Å². The van der Waals surface area contributed by atoms with E-state index in [1.807, 2.05) is 0 Å². The third-order valence-corrected chi connectivity index (χ3v) is 13.6. The van der Waals surface area contributed by atoms with Gasteiger partial charge in [0.05, 0.1) is 28.9 Å². The molecular formula is C40H37N3.